The van der Waals surface area contributed by atoms with Crippen molar-refractivity contribution < 1.29 is 14.2 Å². The van der Waals surface area contributed by atoms with Crippen molar-refractivity contribution in [1.82, 2.24) is 5.32 Å². The van der Waals surface area contributed by atoms with Crippen molar-refractivity contribution in [2.75, 3.05) is 27.4 Å². The van der Waals surface area contributed by atoms with Gasteiger partial charge in [0.2, 0.25) is 0 Å². The molecule has 0 spiro atoms. The van der Waals surface area contributed by atoms with Crippen LogP contribution in [0, 0.1) is 0 Å². The molecule has 1 heterocycles. The van der Waals surface area contributed by atoms with E-state index in [1.165, 1.54) is 0 Å². The standard InChI is InChI=1S/C12H25NO3/c1-12(2,14-4)6-5-10(13-3)9-11-15-7-8-16-11/h10-11,13H,5-9H2,1-4H3. The summed E-state index contributed by atoms with van der Waals surface area (Å²) < 4.78 is 16.3. The van der Waals surface area contributed by atoms with Gasteiger partial charge in [-0.1, -0.05) is 0 Å². The molecule has 0 bridgehead atoms. The Morgan fingerprint density at radius 3 is 2.50 bits per heavy atom. The van der Waals surface area contributed by atoms with Gasteiger partial charge in [0.05, 0.1) is 18.8 Å². The highest BCUT2D eigenvalue weighted by Gasteiger charge is 2.23. The zero-order chi connectivity index (χ0) is 12.0. The van der Waals surface area contributed by atoms with Crippen molar-refractivity contribution >= 4 is 0 Å². The first kappa shape index (κ1) is 13.9. The highest BCUT2D eigenvalue weighted by molar-refractivity contribution is 4.75. The number of ether oxygens (including phenoxy) is 3. The summed E-state index contributed by atoms with van der Waals surface area (Å²) in [6, 6.07) is 0.428. The number of rotatable bonds is 7. The van der Waals surface area contributed by atoms with Crippen molar-refractivity contribution in [3.8, 4) is 0 Å². The van der Waals surface area contributed by atoms with E-state index in [2.05, 4.69) is 19.2 Å². The average molecular weight is 231 g/mol. The maximum absolute atomic E-state index is 5.45. The average Bonchev–Trinajstić information content (AvgIpc) is 2.77. The lowest BCUT2D eigenvalue weighted by Crippen LogP contribution is -2.33. The number of nitrogens with one attached hydrogen (secondary N) is 1. The molecule has 0 aliphatic carbocycles. The summed E-state index contributed by atoms with van der Waals surface area (Å²) in [5, 5.41) is 3.31. The van der Waals surface area contributed by atoms with Gasteiger partial charge in [-0.05, 0) is 33.7 Å². The minimum absolute atomic E-state index is 0.0249. The molecular weight excluding hydrogens is 206 g/mol. The smallest absolute Gasteiger partial charge is 0.159 e. The first-order chi connectivity index (χ1) is 7.57. The van der Waals surface area contributed by atoms with Gasteiger partial charge in [0.15, 0.2) is 6.29 Å². The highest BCUT2D eigenvalue weighted by atomic mass is 16.7. The summed E-state index contributed by atoms with van der Waals surface area (Å²) in [4.78, 5) is 0. The van der Waals surface area contributed by atoms with Crippen LogP contribution in [0.25, 0.3) is 0 Å². The molecule has 0 saturated carbocycles. The Bertz CT molecular complexity index is 191. The van der Waals surface area contributed by atoms with E-state index in [0.717, 1.165) is 32.5 Å². The summed E-state index contributed by atoms with van der Waals surface area (Å²) in [7, 11) is 3.75. The van der Waals surface area contributed by atoms with E-state index in [9.17, 15) is 0 Å². The van der Waals surface area contributed by atoms with Crippen LogP contribution in [-0.2, 0) is 14.2 Å². The Labute approximate surface area is 98.6 Å². The van der Waals surface area contributed by atoms with Crippen LogP contribution in [0.15, 0.2) is 0 Å². The van der Waals surface area contributed by atoms with Crippen molar-refractivity contribution in [2.24, 2.45) is 0 Å². The highest BCUT2D eigenvalue weighted by Crippen LogP contribution is 2.20. The zero-order valence-electron chi connectivity index (χ0n) is 10.9. The minimum atomic E-state index is -0.0491. The fraction of sp³-hybridized carbons (Fsp3) is 1.00. The molecule has 16 heavy (non-hydrogen) atoms. The summed E-state index contributed by atoms with van der Waals surface area (Å²) in [6.45, 7) is 5.68. The maximum Gasteiger partial charge on any atom is 0.159 e. The Kier molecular flexibility index (Phi) is 5.69. The normalized spacial score (nSPS) is 20.2. The van der Waals surface area contributed by atoms with Gasteiger partial charge in [-0.2, -0.15) is 0 Å². The lowest BCUT2D eigenvalue weighted by Gasteiger charge is -2.26. The van der Waals surface area contributed by atoms with Crippen LogP contribution in [0.2, 0.25) is 0 Å². The molecule has 1 N–H and O–H groups in total. The van der Waals surface area contributed by atoms with E-state index in [1.807, 2.05) is 7.05 Å². The molecule has 1 rings (SSSR count). The predicted molar refractivity (Wildman–Crippen MR) is 63.5 cm³/mol. The van der Waals surface area contributed by atoms with Gasteiger partial charge in [-0.25, -0.2) is 0 Å². The molecule has 0 aromatic rings. The molecule has 0 aromatic heterocycles. The van der Waals surface area contributed by atoms with E-state index in [0.29, 0.717) is 6.04 Å². The van der Waals surface area contributed by atoms with Crippen LogP contribution in [-0.4, -0.2) is 45.3 Å². The second-order valence-corrected chi connectivity index (χ2v) is 4.89. The lowest BCUT2D eigenvalue weighted by atomic mass is 9.97. The van der Waals surface area contributed by atoms with Gasteiger partial charge in [0.25, 0.3) is 0 Å². The molecule has 1 aliphatic heterocycles. The summed E-state index contributed by atoms with van der Waals surface area (Å²) in [5.41, 5.74) is -0.0491. The van der Waals surface area contributed by atoms with Crippen molar-refractivity contribution in [3.05, 3.63) is 0 Å². The van der Waals surface area contributed by atoms with Crippen LogP contribution in [0.4, 0.5) is 0 Å². The zero-order valence-corrected chi connectivity index (χ0v) is 10.9. The largest absolute Gasteiger partial charge is 0.379 e. The Hall–Kier alpha value is -0.160. The van der Waals surface area contributed by atoms with Crippen molar-refractivity contribution in [3.63, 3.8) is 0 Å². The van der Waals surface area contributed by atoms with E-state index < -0.39 is 0 Å². The van der Waals surface area contributed by atoms with Crippen LogP contribution < -0.4 is 5.32 Å². The molecular formula is C12H25NO3. The molecule has 96 valence electrons. The van der Waals surface area contributed by atoms with E-state index in [4.69, 9.17) is 14.2 Å². The topological polar surface area (TPSA) is 39.7 Å². The minimum Gasteiger partial charge on any atom is -0.379 e. The van der Waals surface area contributed by atoms with Crippen LogP contribution in [0.1, 0.15) is 33.1 Å². The predicted octanol–water partition coefficient (Wildman–Crippen LogP) is 1.54. The number of methoxy groups -OCH3 is 1. The third-order valence-electron chi connectivity index (χ3n) is 3.22. The first-order valence-corrected chi connectivity index (χ1v) is 6.03. The van der Waals surface area contributed by atoms with E-state index in [1.54, 1.807) is 7.11 Å². The third kappa shape index (κ3) is 4.78. The summed E-state index contributed by atoms with van der Waals surface area (Å²) in [5.74, 6) is 0. The molecule has 1 saturated heterocycles. The molecule has 1 fully saturated rings. The van der Waals surface area contributed by atoms with Gasteiger partial charge >= 0.3 is 0 Å². The van der Waals surface area contributed by atoms with Gasteiger partial charge in [-0.3, -0.25) is 0 Å². The Morgan fingerprint density at radius 1 is 1.38 bits per heavy atom. The van der Waals surface area contributed by atoms with Gasteiger partial charge in [0.1, 0.15) is 0 Å². The third-order valence-corrected chi connectivity index (χ3v) is 3.22. The Morgan fingerprint density at radius 2 is 2.00 bits per heavy atom. The Balaban J connectivity index is 2.25. The van der Waals surface area contributed by atoms with Crippen molar-refractivity contribution in [2.45, 2.75) is 51.0 Å². The molecule has 0 aromatic carbocycles. The molecule has 4 nitrogen and oxygen atoms in total. The van der Waals surface area contributed by atoms with Gasteiger partial charge < -0.3 is 19.5 Å². The SMILES string of the molecule is CNC(CCC(C)(C)OC)CC1OCCO1. The van der Waals surface area contributed by atoms with Crippen LogP contribution >= 0.6 is 0 Å². The van der Waals surface area contributed by atoms with Crippen LogP contribution in [0.5, 0.6) is 0 Å². The van der Waals surface area contributed by atoms with Gasteiger partial charge in [0, 0.05) is 19.6 Å². The molecule has 0 radical (unpaired) electrons. The second-order valence-electron chi connectivity index (χ2n) is 4.89. The van der Waals surface area contributed by atoms with Gasteiger partial charge in [-0.15, -0.1) is 0 Å². The monoisotopic (exact) mass is 231 g/mol. The molecule has 1 unspecified atom stereocenters. The molecule has 4 heteroatoms. The fourth-order valence-corrected chi connectivity index (χ4v) is 1.78. The van der Waals surface area contributed by atoms with Crippen LogP contribution in [0.3, 0.4) is 0 Å². The van der Waals surface area contributed by atoms with E-state index >= 15 is 0 Å². The van der Waals surface area contributed by atoms with Crippen molar-refractivity contribution in [1.29, 1.82) is 0 Å². The first-order valence-electron chi connectivity index (χ1n) is 6.03. The second kappa shape index (κ2) is 6.55. The lowest BCUT2D eigenvalue weighted by molar-refractivity contribution is -0.0550. The summed E-state index contributed by atoms with van der Waals surface area (Å²) >= 11 is 0. The summed E-state index contributed by atoms with van der Waals surface area (Å²) in [6.07, 6.45) is 2.99. The molecule has 0 amide bonds. The molecule has 1 atom stereocenters. The maximum atomic E-state index is 5.45. The van der Waals surface area contributed by atoms with E-state index in [-0.39, 0.29) is 11.9 Å². The number of hydrogen-bond donors (Lipinski definition) is 1. The fourth-order valence-electron chi connectivity index (χ4n) is 1.78. The molecule has 1 aliphatic rings. The quantitative estimate of drug-likeness (QED) is 0.721. The number of hydrogen-bond acceptors (Lipinski definition) is 4.